The summed E-state index contributed by atoms with van der Waals surface area (Å²) in [7, 11) is 1.62. The SMILES string of the molecule is CCCCOc1ccc(C(C)NC(=O)C(C)C(C)N)cc1OC. The van der Waals surface area contributed by atoms with Gasteiger partial charge in [0.15, 0.2) is 11.5 Å². The van der Waals surface area contributed by atoms with E-state index < -0.39 is 0 Å². The summed E-state index contributed by atoms with van der Waals surface area (Å²) in [4.78, 5) is 12.1. The number of carbonyl (C=O) groups excluding carboxylic acids is 1. The lowest BCUT2D eigenvalue weighted by atomic mass is 10.0. The van der Waals surface area contributed by atoms with Crippen LogP contribution in [0.25, 0.3) is 0 Å². The van der Waals surface area contributed by atoms with E-state index in [1.165, 1.54) is 0 Å². The molecule has 0 aliphatic heterocycles. The van der Waals surface area contributed by atoms with Gasteiger partial charge in [-0.2, -0.15) is 0 Å². The summed E-state index contributed by atoms with van der Waals surface area (Å²) in [6.07, 6.45) is 2.09. The second kappa shape index (κ2) is 9.40. The maximum Gasteiger partial charge on any atom is 0.224 e. The fraction of sp³-hybridized carbons (Fsp3) is 0.611. The van der Waals surface area contributed by atoms with Crippen LogP contribution >= 0.6 is 0 Å². The zero-order valence-corrected chi connectivity index (χ0v) is 14.9. The molecule has 0 saturated carbocycles. The molecule has 23 heavy (non-hydrogen) atoms. The van der Waals surface area contributed by atoms with Crippen LogP contribution in [0, 0.1) is 5.92 Å². The van der Waals surface area contributed by atoms with E-state index in [9.17, 15) is 4.79 Å². The first-order chi connectivity index (χ1) is 10.9. The zero-order valence-electron chi connectivity index (χ0n) is 14.9. The monoisotopic (exact) mass is 322 g/mol. The molecule has 130 valence electrons. The lowest BCUT2D eigenvalue weighted by Crippen LogP contribution is -2.39. The van der Waals surface area contributed by atoms with E-state index in [4.69, 9.17) is 15.2 Å². The first-order valence-corrected chi connectivity index (χ1v) is 8.27. The lowest BCUT2D eigenvalue weighted by molar-refractivity contribution is -0.125. The normalized spacial score (nSPS) is 14.7. The van der Waals surface area contributed by atoms with Crippen molar-refractivity contribution in [3.8, 4) is 11.5 Å². The predicted molar refractivity (Wildman–Crippen MR) is 92.8 cm³/mol. The summed E-state index contributed by atoms with van der Waals surface area (Å²) in [5, 5.41) is 2.99. The summed E-state index contributed by atoms with van der Waals surface area (Å²) in [6, 6.07) is 5.45. The van der Waals surface area contributed by atoms with Gasteiger partial charge in [-0.3, -0.25) is 4.79 Å². The summed E-state index contributed by atoms with van der Waals surface area (Å²) in [6.45, 7) is 8.40. The number of rotatable bonds is 9. The van der Waals surface area contributed by atoms with Gasteiger partial charge in [-0.25, -0.2) is 0 Å². The highest BCUT2D eigenvalue weighted by molar-refractivity contribution is 5.79. The fourth-order valence-corrected chi connectivity index (χ4v) is 2.07. The standard InChI is InChI=1S/C18H30N2O3/c1-6-7-10-23-16-9-8-15(11-17(16)22-5)14(4)20-18(21)12(2)13(3)19/h8-9,11-14H,6-7,10,19H2,1-5H3,(H,20,21). The van der Waals surface area contributed by atoms with Gasteiger partial charge >= 0.3 is 0 Å². The first-order valence-electron chi connectivity index (χ1n) is 8.27. The van der Waals surface area contributed by atoms with E-state index in [2.05, 4.69) is 12.2 Å². The summed E-state index contributed by atoms with van der Waals surface area (Å²) in [5.74, 6) is 1.14. The molecule has 3 atom stereocenters. The number of nitrogens with one attached hydrogen (secondary N) is 1. The predicted octanol–water partition coefficient (Wildman–Crippen LogP) is 3.03. The Morgan fingerprint density at radius 1 is 1.26 bits per heavy atom. The first kappa shape index (κ1) is 19.3. The number of amides is 1. The van der Waals surface area contributed by atoms with Gasteiger partial charge in [-0.1, -0.05) is 26.3 Å². The summed E-state index contributed by atoms with van der Waals surface area (Å²) >= 11 is 0. The van der Waals surface area contributed by atoms with E-state index in [0.29, 0.717) is 12.4 Å². The molecule has 3 unspecified atom stereocenters. The van der Waals surface area contributed by atoms with Crippen molar-refractivity contribution >= 4 is 5.91 Å². The molecule has 3 N–H and O–H groups in total. The number of methoxy groups -OCH3 is 1. The van der Waals surface area contributed by atoms with Crippen molar-refractivity contribution in [2.24, 2.45) is 11.7 Å². The molecule has 0 radical (unpaired) electrons. The Labute approximate surface area is 139 Å². The van der Waals surface area contributed by atoms with E-state index in [0.717, 1.165) is 24.2 Å². The van der Waals surface area contributed by atoms with Gasteiger partial charge in [0.25, 0.3) is 0 Å². The number of hydrogen-bond acceptors (Lipinski definition) is 4. The highest BCUT2D eigenvalue weighted by Gasteiger charge is 2.20. The number of unbranched alkanes of at least 4 members (excludes halogenated alkanes) is 1. The van der Waals surface area contributed by atoms with Gasteiger partial charge in [-0.05, 0) is 38.0 Å². The average Bonchev–Trinajstić information content (AvgIpc) is 2.54. The summed E-state index contributed by atoms with van der Waals surface area (Å²) < 4.78 is 11.1. The topological polar surface area (TPSA) is 73.6 Å². The number of carbonyl (C=O) groups is 1. The molecular weight excluding hydrogens is 292 g/mol. The van der Waals surface area contributed by atoms with Crippen molar-refractivity contribution in [2.45, 2.75) is 52.6 Å². The van der Waals surface area contributed by atoms with Crippen LogP contribution in [0.4, 0.5) is 0 Å². The van der Waals surface area contributed by atoms with Crippen molar-refractivity contribution in [1.82, 2.24) is 5.32 Å². The van der Waals surface area contributed by atoms with Crippen molar-refractivity contribution in [3.63, 3.8) is 0 Å². The van der Waals surface area contributed by atoms with Gasteiger partial charge in [-0.15, -0.1) is 0 Å². The zero-order chi connectivity index (χ0) is 17.4. The Balaban J connectivity index is 2.78. The smallest absolute Gasteiger partial charge is 0.224 e. The van der Waals surface area contributed by atoms with Crippen LogP contribution in [0.3, 0.4) is 0 Å². The van der Waals surface area contributed by atoms with Crippen LogP contribution in [0.2, 0.25) is 0 Å². The third-order valence-electron chi connectivity index (χ3n) is 4.00. The third-order valence-corrected chi connectivity index (χ3v) is 4.00. The molecular formula is C18H30N2O3. The molecule has 5 heteroatoms. The molecule has 0 bridgehead atoms. The molecule has 5 nitrogen and oxygen atoms in total. The Morgan fingerprint density at radius 3 is 2.52 bits per heavy atom. The van der Waals surface area contributed by atoms with E-state index >= 15 is 0 Å². The number of benzene rings is 1. The number of nitrogens with two attached hydrogens (primary N) is 1. The van der Waals surface area contributed by atoms with Crippen LogP contribution in [0.1, 0.15) is 52.1 Å². The minimum Gasteiger partial charge on any atom is -0.493 e. The Morgan fingerprint density at radius 2 is 1.96 bits per heavy atom. The van der Waals surface area contributed by atoms with Crippen LogP contribution in [0.5, 0.6) is 11.5 Å². The molecule has 0 saturated heterocycles. The molecule has 0 heterocycles. The van der Waals surface area contributed by atoms with Gasteiger partial charge in [0, 0.05) is 12.0 Å². The van der Waals surface area contributed by atoms with Crippen molar-refractivity contribution < 1.29 is 14.3 Å². The van der Waals surface area contributed by atoms with Crippen molar-refractivity contribution in [3.05, 3.63) is 23.8 Å². The number of hydrogen-bond donors (Lipinski definition) is 2. The largest absolute Gasteiger partial charge is 0.493 e. The molecule has 1 aromatic rings. The molecule has 0 spiro atoms. The van der Waals surface area contributed by atoms with Crippen molar-refractivity contribution in [2.75, 3.05) is 13.7 Å². The molecule has 1 rings (SSSR count). The second-order valence-corrected chi connectivity index (χ2v) is 5.99. The van der Waals surface area contributed by atoms with Crippen LogP contribution in [-0.4, -0.2) is 25.7 Å². The molecule has 1 aromatic carbocycles. The van der Waals surface area contributed by atoms with Crippen molar-refractivity contribution in [1.29, 1.82) is 0 Å². The molecule has 1 amide bonds. The minimum atomic E-state index is -0.226. The third kappa shape index (κ3) is 5.75. The van der Waals surface area contributed by atoms with E-state index in [1.807, 2.05) is 39.0 Å². The highest BCUT2D eigenvalue weighted by Crippen LogP contribution is 2.30. The van der Waals surface area contributed by atoms with E-state index in [-0.39, 0.29) is 23.9 Å². The van der Waals surface area contributed by atoms with Crippen LogP contribution in [-0.2, 0) is 4.79 Å². The highest BCUT2D eigenvalue weighted by atomic mass is 16.5. The second-order valence-electron chi connectivity index (χ2n) is 5.99. The maximum absolute atomic E-state index is 12.1. The molecule has 0 aliphatic rings. The molecule has 0 aliphatic carbocycles. The number of ether oxygens (including phenoxy) is 2. The molecule has 0 fully saturated rings. The van der Waals surface area contributed by atoms with Crippen LogP contribution in [0.15, 0.2) is 18.2 Å². The minimum absolute atomic E-state index is 0.0465. The van der Waals surface area contributed by atoms with Gasteiger partial charge in [0.2, 0.25) is 5.91 Å². The van der Waals surface area contributed by atoms with Gasteiger partial charge < -0.3 is 20.5 Å². The molecule has 0 aromatic heterocycles. The van der Waals surface area contributed by atoms with E-state index in [1.54, 1.807) is 7.11 Å². The Kier molecular flexibility index (Phi) is 7.89. The Bertz CT molecular complexity index is 503. The van der Waals surface area contributed by atoms with Gasteiger partial charge in [0.1, 0.15) is 0 Å². The summed E-state index contributed by atoms with van der Waals surface area (Å²) in [5.41, 5.74) is 6.74. The fourth-order valence-electron chi connectivity index (χ4n) is 2.07. The lowest BCUT2D eigenvalue weighted by Gasteiger charge is -2.21. The quantitative estimate of drug-likeness (QED) is 0.685. The average molecular weight is 322 g/mol. The van der Waals surface area contributed by atoms with Crippen LogP contribution < -0.4 is 20.5 Å². The Hall–Kier alpha value is -1.75. The maximum atomic E-state index is 12.1. The van der Waals surface area contributed by atoms with Gasteiger partial charge in [0.05, 0.1) is 19.8 Å².